The van der Waals surface area contributed by atoms with Gasteiger partial charge in [0.25, 0.3) is 0 Å². The van der Waals surface area contributed by atoms with Gasteiger partial charge in [0.15, 0.2) is 0 Å². The number of para-hydroxylation sites is 1. The number of hydrogen-bond acceptors (Lipinski definition) is 5. The maximum Gasteiger partial charge on any atom is 0.227 e. The van der Waals surface area contributed by atoms with Crippen LogP contribution in [0.3, 0.4) is 0 Å². The van der Waals surface area contributed by atoms with Crippen molar-refractivity contribution < 1.29 is 4.79 Å². The van der Waals surface area contributed by atoms with Crippen molar-refractivity contribution in [2.24, 2.45) is 5.92 Å². The molecule has 3 heterocycles. The van der Waals surface area contributed by atoms with Crippen molar-refractivity contribution in [3.05, 3.63) is 46.1 Å². The summed E-state index contributed by atoms with van der Waals surface area (Å²) in [7, 11) is 0. The molecule has 0 spiro atoms. The highest BCUT2D eigenvalue weighted by atomic mass is 32.1. The number of benzene rings is 1. The number of piperidine rings is 1. The number of fused-ring (bicyclic) bond motifs is 1. The number of anilines is 2. The monoisotopic (exact) mass is 394 g/mol. The molecule has 0 bridgehead atoms. The Morgan fingerprint density at radius 2 is 1.79 bits per heavy atom. The van der Waals surface area contributed by atoms with E-state index in [0.29, 0.717) is 0 Å². The number of nitrogens with zero attached hydrogens (tertiary/aromatic N) is 3. The van der Waals surface area contributed by atoms with Crippen LogP contribution in [0.2, 0.25) is 0 Å². The summed E-state index contributed by atoms with van der Waals surface area (Å²) >= 11 is 1.72. The van der Waals surface area contributed by atoms with E-state index in [1.807, 2.05) is 32.0 Å². The standard InChI is InChI=1S/C22H26N4OS/c1-13-6-5-7-14(2)19(13)25-21(27)17-8-10-26(11-9-17)20-18-15(3)16(4)28-22(18)24-12-23-20/h5-7,12,17H,8-11H2,1-4H3,(H,25,27). The molecule has 1 aromatic carbocycles. The third-order valence-corrected chi connectivity index (χ3v) is 6.96. The average Bonchev–Trinajstić information content (AvgIpc) is 2.99. The molecule has 1 saturated heterocycles. The number of thiophene rings is 1. The van der Waals surface area contributed by atoms with Crippen molar-refractivity contribution in [3.63, 3.8) is 0 Å². The summed E-state index contributed by atoms with van der Waals surface area (Å²) in [6.45, 7) is 10.0. The summed E-state index contributed by atoms with van der Waals surface area (Å²) in [6, 6.07) is 6.10. The number of aryl methyl sites for hydroxylation is 4. The van der Waals surface area contributed by atoms with Gasteiger partial charge in [-0.2, -0.15) is 0 Å². The van der Waals surface area contributed by atoms with Crippen molar-refractivity contribution in [1.29, 1.82) is 0 Å². The molecule has 6 heteroatoms. The van der Waals surface area contributed by atoms with E-state index in [1.165, 1.54) is 15.8 Å². The number of carbonyl (C=O) groups excluding carboxylic acids is 1. The molecular formula is C22H26N4OS. The summed E-state index contributed by atoms with van der Waals surface area (Å²) < 4.78 is 0. The second-order valence-corrected chi connectivity index (χ2v) is 8.88. The topological polar surface area (TPSA) is 58.1 Å². The lowest BCUT2D eigenvalue weighted by molar-refractivity contribution is -0.120. The molecule has 1 fully saturated rings. The van der Waals surface area contributed by atoms with Crippen molar-refractivity contribution in [2.75, 3.05) is 23.3 Å². The van der Waals surface area contributed by atoms with Crippen LogP contribution >= 0.6 is 11.3 Å². The minimum absolute atomic E-state index is 0.0397. The van der Waals surface area contributed by atoms with Crippen LogP contribution in [0, 0.1) is 33.6 Å². The van der Waals surface area contributed by atoms with E-state index in [9.17, 15) is 4.79 Å². The first kappa shape index (κ1) is 18.9. The Bertz CT molecular complexity index is 1010. The molecule has 0 radical (unpaired) electrons. The van der Waals surface area contributed by atoms with Crippen LogP contribution in [-0.4, -0.2) is 29.0 Å². The summed E-state index contributed by atoms with van der Waals surface area (Å²) in [5.41, 5.74) is 4.44. The van der Waals surface area contributed by atoms with E-state index in [1.54, 1.807) is 17.7 Å². The van der Waals surface area contributed by atoms with Gasteiger partial charge in [-0.25, -0.2) is 9.97 Å². The van der Waals surface area contributed by atoms with E-state index in [4.69, 9.17) is 0 Å². The molecule has 0 atom stereocenters. The molecule has 0 saturated carbocycles. The van der Waals surface area contributed by atoms with E-state index in [2.05, 4.69) is 34.0 Å². The highest BCUT2D eigenvalue weighted by Crippen LogP contribution is 2.35. The molecule has 28 heavy (non-hydrogen) atoms. The van der Waals surface area contributed by atoms with Gasteiger partial charge in [0.1, 0.15) is 17.0 Å². The third kappa shape index (κ3) is 3.37. The van der Waals surface area contributed by atoms with Gasteiger partial charge in [0.05, 0.1) is 5.39 Å². The summed E-state index contributed by atoms with van der Waals surface area (Å²) in [5, 5.41) is 4.33. The van der Waals surface area contributed by atoms with Gasteiger partial charge in [0, 0.05) is 29.6 Å². The Morgan fingerprint density at radius 3 is 2.46 bits per heavy atom. The Kier molecular flexibility index (Phi) is 5.06. The van der Waals surface area contributed by atoms with Crippen molar-refractivity contribution in [3.8, 4) is 0 Å². The number of carbonyl (C=O) groups is 1. The molecule has 2 aromatic heterocycles. The molecule has 0 unspecified atom stereocenters. The fourth-order valence-corrected chi connectivity index (χ4v) is 4.99. The quantitative estimate of drug-likeness (QED) is 0.694. The van der Waals surface area contributed by atoms with Crippen LogP contribution in [0.25, 0.3) is 10.2 Å². The number of aromatic nitrogens is 2. The second kappa shape index (κ2) is 7.51. The normalized spacial score (nSPS) is 15.2. The molecule has 0 aliphatic carbocycles. The van der Waals surface area contributed by atoms with Gasteiger partial charge >= 0.3 is 0 Å². The van der Waals surface area contributed by atoms with Gasteiger partial charge in [0.2, 0.25) is 5.91 Å². The van der Waals surface area contributed by atoms with Gasteiger partial charge < -0.3 is 10.2 Å². The van der Waals surface area contributed by atoms with Crippen LogP contribution in [0.1, 0.15) is 34.4 Å². The first-order valence-corrected chi connectivity index (χ1v) is 10.6. The number of nitrogens with one attached hydrogen (secondary N) is 1. The van der Waals surface area contributed by atoms with E-state index < -0.39 is 0 Å². The number of hydrogen-bond donors (Lipinski definition) is 1. The zero-order valence-corrected chi connectivity index (χ0v) is 17.7. The molecule has 1 amide bonds. The number of rotatable bonds is 3. The van der Waals surface area contributed by atoms with E-state index in [-0.39, 0.29) is 11.8 Å². The maximum absolute atomic E-state index is 12.8. The lowest BCUT2D eigenvalue weighted by Gasteiger charge is -2.32. The van der Waals surface area contributed by atoms with E-state index in [0.717, 1.165) is 53.4 Å². The summed E-state index contributed by atoms with van der Waals surface area (Å²) in [4.78, 5) is 26.5. The van der Waals surface area contributed by atoms with Crippen molar-refractivity contribution in [2.45, 2.75) is 40.5 Å². The summed E-state index contributed by atoms with van der Waals surface area (Å²) in [6.07, 6.45) is 3.33. The maximum atomic E-state index is 12.8. The Hall–Kier alpha value is -2.47. The molecule has 5 nitrogen and oxygen atoms in total. The van der Waals surface area contributed by atoms with Crippen LogP contribution in [0.4, 0.5) is 11.5 Å². The fourth-order valence-electron chi connectivity index (χ4n) is 3.99. The largest absolute Gasteiger partial charge is 0.356 e. The lowest BCUT2D eigenvalue weighted by atomic mass is 9.95. The van der Waals surface area contributed by atoms with Gasteiger partial charge in [-0.1, -0.05) is 18.2 Å². The molecule has 4 rings (SSSR count). The van der Waals surface area contributed by atoms with Crippen molar-refractivity contribution >= 4 is 39.0 Å². The van der Waals surface area contributed by atoms with Gasteiger partial charge in [-0.05, 0) is 57.2 Å². The predicted octanol–water partition coefficient (Wildman–Crippen LogP) is 4.78. The highest BCUT2D eigenvalue weighted by Gasteiger charge is 2.27. The smallest absolute Gasteiger partial charge is 0.227 e. The second-order valence-electron chi connectivity index (χ2n) is 7.68. The summed E-state index contributed by atoms with van der Waals surface area (Å²) in [5.74, 6) is 1.19. The molecule has 146 valence electrons. The molecule has 1 aliphatic rings. The van der Waals surface area contributed by atoms with Crippen LogP contribution in [0.5, 0.6) is 0 Å². The Morgan fingerprint density at radius 1 is 1.11 bits per heavy atom. The zero-order chi connectivity index (χ0) is 19.8. The first-order valence-electron chi connectivity index (χ1n) is 9.78. The Labute approximate surface area is 169 Å². The minimum atomic E-state index is 0.0397. The molecule has 3 aromatic rings. The van der Waals surface area contributed by atoms with Crippen LogP contribution in [0.15, 0.2) is 24.5 Å². The third-order valence-electron chi connectivity index (χ3n) is 5.84. The minimum Gasteiger partial charge on any atom is -0.356 e. The zero-order valence-electron chi connectivity index (χ0n) is 16.9. The molecular weight excluding hydrogens is 368 g/mol. The van der Waals surface area contributed by atoms with E-state index >= 15 is 0 Å². The predicted molar refractivity (Wildman–Crippen MR) is 116 cm³/mol. The Balaban J connectivity index is 1.47. The van der Waals surface area contributed by atoms with Gasteiger partial charge in [-0.15, -0.1) is 11.3 Å². The lowest BCUT2D eigenvalue weighted by Crippen LogP contribution is -2.38. The van der Waals surface area contributed by atoms with Crippen LogP contribution < -0.4 is 10.2 Å². The molecule has 1 aliphatic heterocycles. The first-order chi connectivity index (χ1) is 13.5. The molecule has 1 N–H and O–H groups in total. The van der Waals surface area contributed by atoms with Gasteiger partial charge in [-0.3, -0.25) is 4.79 Å². The fraction of sp³-hybridized carbons (Fsp3) is 0.409. The SMILES string of the molecule is Cc1cccc(C)c1NC(=O)C1CCN(c2ncnc3sc(C)c(C)c23)CC1. The number of amides is 1. The van der Waals surface area contributed by atoms with Crippen LogP contribution in [-0.2, 0) is 4.79 Å². The average molecular weight is 395 g/mol. The van der Waals surface area contributed by atoms with Crippen molar-refractivity contribution in [1.82, 2.24) is 9.97 Å². The highest BCUT2D eigenvalue weighted by molar-refractivity contribution is 7.18.